The van der Waals surface area contributed by atoms with Crippen molar-refractivity contribution >= 4 is 33.4 Å². The predicted molar refractivity (Wildman–Crippen MR) is 73.9 cm³/mol. The van der Waals surface area contributed by atoms with E-state index in [2.05, 4.69) is 15.9 Å². The Kier molecular flexibility index (Phi) is 4.45. The first-order chi connectivity index (χ1) is 8.18. The average molecular weight is 316 g/mol. The molecule has 0 unspecified atom stereocenters. The van der Waals surface area contributed by atoms with Crippen molar-refractivity contribution in [2.45, 2.75) is 40.7 Å². The van der Waals surface area contributed by atoms with Crippen LogP contribution in [0.2, 0.25) is 0 Å². The zero-order valence-corrected chi connectivity index (χ0v) is 11.7. The van der Waals surface area contributed by atoms with Crippen LogP contribution in [0.4, 0.5) is 5.69 Å². The molecule has 0 heterocycles. The van der Waals surface area contributed by atoms with E-state index < -0.39 is 0 Å². The van der Waals surface area contributed by atoms with Gasteiger partial charge in [-0.2, -0.15) is 0 Å². The highest BCUT2D eigenvalue weighted by molar-refractivity contribution is 9.09. The smallest absolute Gasteiger partial charge is 0.258 e. The van der Waals surface area contributed by atoms with E-state index in [9.17, 15) is 10.1 Å². The summed E-state index contributed by atoms with van der Waals surface area (Å²) in [4.78, 5) is 11.9. The number of hydrogen-bond acceptors (Lipinski definition) is 3. The lowest BCUT2D eigenvalue weighted by Crippen LogP contribution is -2.21. The van der Waals surface area contributed by atoms with Crippen LogP contribution in [0.1, 0.15) is 25.7 Å². The van der Waals surface area contributed by atoms with E-state index in [0.717, 1.165) is 17.7 Å². The molecular formula is C12H14BrNO2S. The Morgan fingerprint density at radius 2 is 2.00 bits per heavy atom. The second kappa shape index (κ2) is 5.87. The molecule has 0 aromatic heterocycles. The minimum atomic E-state index is -0.297. The second-order valence-electron chi connectivity index (χ2n) is 4.18. The first kappa shape index (κ1) is 12.9. The monoisotopic (exact) mass is 315 g/mol. The Bertz CT molecular complexity index is 413. The number of thioether (sulfide) groups is 1. The summed E-state index contributed by atoms with van der Waals surface area (Å²) in [6, 6.07) is 7.00. The van der Waals surface area contributed by atoms with Gasteiger partial charge in [0.15, 0.2) is 0 Å². The number of alkyl halides is 1. The lowest BCUT2D eigenvalue weighted by molar-refractivity contribution is -0.387. The van der Waals surface area contributed by atoms with Crippen molar-refractivity contribution in [1.29, 1.82) is 0 Å². The molecule has 0 bridgehead atoms. The third-order valence-corrected chi connectivity index (χ3v) is 5.87. The molecular weight excluding hydrogens is 302 g/mol. The van der Waals surface area contributed by atoms with Crippen LogP contribution in [0.5, 0.6) is 0 Å². The normalized spacial score (nSPS) is 24.5. The minimum Gasteiger partial charge on any atom is -0.258 e. The van der Waals surface area contributed by atoms with Crippen LogP contribution in [0.15, 0.2) is 29.2 Å². The van der Waals surface area contributed by atoms with Gasteiger partial charge in [-0.25, -0.2) is 0 Å². The first-order valence-corrected chi connectivity index (χ1v) is 7.52. The lowest BCUT2D eigenvalue weighted by Gasteiger charge is -2.26. The van der Waals surface area contributed by atoms with Crippen LogP contribution in [0.25, 0.3) is 0 Å². The summed E-state index contributed by atoms with van der Waals surface area (Å²) in [5.41, 5.74) is 0.225. The molecule has 1 fully saturated rings. The quantitative estimate of drug-likeness (QED) is 0.472. The Morgan fingerprint density at radius 1 is 1.29 bits per heavy atom. The highest BCUT2D eigenvalue weighted by atomic mass is 79.9. The Hall–Kier alpha value is -0.550. The molecule has 0 spiro atoms. The number of benzene rings is 1. The molecule has 17 heavy (non-hydrogen) atoms. The molecule has 1 aliphatic carbocycles. The molecule has 0 saturated heterocycles. The molecule has 0 amide bonds. The molecule has 5 heteroatoms. The fourth-order valence-electron chi connectivity index (χ4n) is 2.06. The van der Waals surface area contributed by atoms with Crippen molar-refractivity contribution < 1.29 is 4.92 Å². The largest absolute Gasteiger partial charge is 0.282 e. The van der Waals surface area contributed by atoms with Gasteiger partial charge in [0.1, 0.15) is 0 Å². The summed E-state index contributed by atoms with van der Waals surface area (Å²) in [5.74, 6) is 0. The highest BCUT2D eigenvalue weighted by Gasteiger charge is 2.26. The number of hydrogen-bond donors (Lipinski definition) is 0. The van der Waals surface area contributed by atoms with Crippen molar-refractivity contribution in [3.63, 3.8) is 0 Å². The molecule has 92 valence electrons. The van der Waals surface area contributed by atoms with Gasteiger partial charge in [0, 0.05) is 16.1 Å². The fraction of sp³-hybridized carbons (Fsp3) is 0.500. The maximum atomic E-state index is 10.9. The van der Waals surface area contributed by atoms with Crippen LogP contribution < -0.4 is 0 Å². The molecule has 2 rings (SSSR count). The maximum Gasteiger partial charge on any atom is 0.282 e. The number of halogens is 1. The zero-order chi connectivity index (χ0) is 12.3. The lowest BCUT2D eigenvalue weighted by atomic mass is 10.0. The van der Waals surface area contributed by atoms with Gasteiger partial charge >= 0.3 is 0 Å². The Labute approximate surface area is 113 Å². The summed E-state index contributed by atoms with van der Waals surface area (Å²) < 4.78 is 0. The van der Waals surface area contributed by atoms with Gasteiger partial charge in [-0.05, 0) is 18.9 Å². The van der Waals surface area contributed by atoms with Crippen LogP contribution in [-0.4, -0.2) is 15.0 Å². The van der Waals surface area contributed by atoms with Gasteiger partial charge in [0.2, 0.25) is 0 Å². The van der Waals surface area contributed by atoms with Crippen LogP contribution in [0.3, 0.4) is 0 Å². The summed E-state index contributed by atoms with van der Waals surface area (Å²) in [6.45, 7) is 0. The van der Waals surface area contributed by atoms with Crippen LogP contribution in [0, 0.1) is 10.1 Å². The van der Waals surface area contributed by atoms with E-state index in [1.54, 1.807) is 23.9 Å². The maximum absolute atomic E-state index is 10.9. The SMILES string of the molecule is O=[N+]([O-])c1ccccc1S[C@@H]1CCCC[C@H]1Br. The topological polar surface area (TPSA) is 43.1 Å². The molecule has 2 atom stereocenters. The summed E-state index contributed by atoms with van der Waals surface area (Å²) in [6.07, 6.45) is 4.77. The fourth-order valence-corrected chi connectivity index (χ4v) is 4.28. The molecule has 3 nitrogen and oxygen atoms in total. The third kappa shape index (κ3) is 3.22. The number of rotatable bonds is 3. The summed E-state index contributed by atoms with van der Waals surface area (Å²) in [5, 5.41) is 11.4. The van der Waals surface area contributed by atoms with Crippen molar-refractivity contribution in [2.75, 3.05) is 0 Å². The highest BCUT2D eigenvalue weighted by Crippen LogP contribution is 2.40. The van der Waals surface area contributed by atoms with Gasteiger partial charge in [0.25, 0.3) is 5.69 Å². The van der Waals surface area contributed by atoms with E-state index in [-0.39, 0.29) is 10.6 Å². The number of para-hydroxylation sites is 1. The van der Waals surface area contributed by atoms with Crippen molar-refractivity contribution in [1.82, 2.24) is 0 Å². The molecule has 1 saturated carbocycles. The summed E-state index contributed by atoms with van der Waals surface area (Å²) >= 11 is 5.32. The molecule has 1 aliphatic rings. The molecule has 1 aromatic carbocycles. The van der Waals surface area contributed by atoms with Crippen molar-refractivity contribution in [3.05, 3.63) is 34.4 Å². The third-order valence-electron chi connectivity index (χ3n) is 2.96. The Balaban J connectivity index is 2.14. The van der Waals surface area contributed by atoms with E-state index in [4.69, 9.17) is 0 Å². The molecule has 0 radical (unpaired) electrons. The minimum absolute atomic E-state index is 0.225. The number of nitrogens with zero attached hydrogens (tertiary/aromatic N) is 1. The van der Waals surface area contributed by atoms with Gasteiger partial charge in [-0.3, -0.25) is 10.1 Å². The van der Waals surface area contributed by atoms with Gasteiger partial charge in [0.05, 0.1) is 9.82 Å². The molecule has 1 aromatic rings. The first-order valence-electron chi connectivity index (χ1n) is 5.72. The summed E-state index contributed by atoms with van der Waals surface area (Å²) in [7, 11) is 0. The van der Waals surface area contributed by atoms with E-state index in [1.807, 2.05) is 12.1 Å². The standard InChI is InChI=1S/C12H14BrNO2S/c13-9-5-1-3-7-11(9)17-12-8-4-2-6-10(12)14(15)16/h2,4,6,8-9,11H,1,3,5,7H2/t9-,11-/m1/s1. The number of nitro benzene ring substituents is 1. The average Bonchev–Trinajstić information content (AvgIpc) is 2.32. The van der Waals surface area contributed by atoms with Crippen LogP contribution >= 0.6 is 27.7 Å². The predicted octanol–water partition coefficient (Wildman–Crippen LogP) is 4.39. The molecule has 0 N–H and O–H groups in total. The zero-order valence-electron chi connectivity index (χ0n) is 9.34. The number of nitro groups is 1. The van der Waals surface area contributed by atoms with E-state index in [0.29, 0.717) is 10.1 Å². The van der Waals surface area contributed by atoms with Crippen LogP contribution in [-0.2, 0) is 0 Å². The van der Waals surface area contributed by atoms with E-state index in [1.165, 1.54) is 12.8 Å². The molecule has 0 aliphatic heterocycles. The Morgan fingerprint density at radius 3 is 2.71 bits per heavy atom. The van der Waals surface area contributed by atoms with Gasteiger partial charge < -0.3 is 0 Å². The van der Waals surface area contributed by atoms with Gasteiger partial charge in [-0.1, -0.05) is 40.9 Å². The van der Waals surface area contributed by atoms with Crippen molar-refractivity contribution in [2.24, 2.45) is 0 Å². The van der Waals surface area contributed by atoms with E-state index >= 15 is 0 Å². The van der Waals surface area contributed by atoms with Crippen molar-refractivity contribution in [3.8, 4) is 0 Å². The van der Waals surface area contributed by atoms with Gasteiger partial charge in [-0.15, -0.1) is 11.8 Å². The second-order valence-corrected chi connectivity index (χ2v) is 6.64.